The van der Waals surface area contributed by atoms with Gasteiger partial charge in [0.2, 0.25) is 0 Å². The molecule has 3 aromatic rings. The van der Waals surface area contributed by atoms with E-state index in [0.717, 1.165) is 23.2 Å². The van der Waals surface area contributed by atoms with E-state index in [0.29, 0.717) is 5.25 Å². The fourth-order valence-electron chi connectivity index (χ4n) is 4.38. The molecule has 1 saturated heterocycles. The lowest BCUT2D eigenvalue weighted by atomic mass is 9.96. The Bertz CT molecular complexity index is 1030. The first-order chi connectivity index (χ1) is 13.6. The normalized spacial score (nSPS) is 23.8. The highest BCUT2D eigenvalue weighted by Crippen LogP contribution is 2.48. The second kappa shape index (κ2) is 6.78. The summed E-state index contributed by atoms with van der Waals surface area (Å²) in [6, 6.07) is 14.7. The minimum atomic E-state index is 0.0221. The Morgan fingerprint density at radius 1 is 1.04 bits per heavy atom. The van der Waals surface area contributed by atoms with Crippen LogP contribution in [-0.2, 0) is 0 Å². The Balaban J connectivity index is 1.63. The quantitative estimate of drug-likeness (QED) is 0.663. The van der Waals surface area contributed by atoms with Gasteiger partial charge in [-0.15, -0.1) is 0 Å². The van der Waals surface area contributed by atoms with Gasteiger partial charge in [0, 0.05) is 35.6 Å². The monoisotopic (exact) mass is 389 g/mol. The lowest BCUT2D eigenvalue weighted by Gasteiger charge is -2.27. The van der Waals surface area contributed by atoms with Crippen LogP contribution in [0.5, 0.6) is 0 Å². The fourth-order valence-corrected chi connectivity index (χ4v) is 5.47. The maximum Gasteiger partial charge on any atom is 0.160 e. The van der Waals surface area contributed by atoms with Crippen LogP contribution in [0.15, 0.2) is 59.9 Å². The van der Waals surface area contributed by atoms with E-state index in [1.807, 2.05) is 42.4 Å². The van der Waals surface area contributed by atoms with Crippen LogP contribution in [0.25, 0.3) is 5.82 Å². The molecule has 0 bridgehead atoms. The molecule has 142 valence electrons. The summed E-state index contributed by atoms with van der Waals surface area (Å²) >= 11 is 1.88. The molecule has 1 fully saturated rings. The Kier molecular flexibility index (Phi) is 4.23. The average Bonchev–Trinajstić information content (AvgIpc) is 3.33. The number of fused-ring (bicyclic) bond motifs is 1. The third kappa shape index (κ3) is 2.75. The Labute approximate surface area is 169 Å². The summed E-state index contributed by atoms with van der Waals surface area (Å²) < 4.78 is 2.25. The molecule has 6 heteroatoms. The molecule has 0 aromatic carbocycles. The number of thioether (sulfide) groups is 1. The van der Waals surface area contributed by atoms with Crippen molar-refractivity contribution < 1.29 is 0 Å². The number of amidine groups is 1. The predicted molar refractivity (Wildman–Crippen MR) is 114 cm³/mol. The standard InChI is InChI=1S/C22H23N5S/c1-14-12-17(16(3)27(14)19-9-5-7-11-24-19)21-20(18-8-4-6-10-23-18)25-22-26(21)13-15(2)28-22/h4-12,15,20-21H,13H2,1-3H3/t15-,20+,21-/m0/s1. The molecule has 28 heavy (non-hydrogen) atoms. The number of hydrogen-bond acceptors (Lipinski definition) is 5. The van der Waals surface area contributed by atoms with E-state index in [1.165, 1.54) is 17.0 Å². The molecule has 3 atom stereocenters. The van der Waals surface area contributed by atoms with E-state index in [-0.39, 0.29) is 12.1 Å². The van der Waals surface area contributed by atoms with E-state index >= 15 is 0 Å². The lowest BCUT2D eigenvalue weighted by molar-refractivity contribution is 0.320. The largest absolute Gasteiger partial charge is 0.341 e. The fraction of sp³-hybridized carbons (Fsp3) is 0.318. The van der Waals surface area contributed by atoms with Crippen LogP contribution in [0, 0.1) is 13.8 Å². The van der Waals surface area contributed by atoms with Crippen molar-refractivity contribution in [2.75, 3.05) is 6.54 Å². The van der Waals surface area contributed by atoms with Gasteiger partial charge in [0.15, 0.2) is 5.17 Å². The molecule has 0 aliphatic carbocycles. The molecular weight excluding hydrogens is 366 g/mol. The first-order valence-corrected chi connectivity index (χ1v) is 10.5. The van der Waals surface area contributed by atoms with Gasteiger partial charge in [-0.05, 0) is 49.7 Å². The minimum Gasteiger partial charge on any atom is -0.341 e. The zero-order chi connectivity index (χ0) is 19.3. The van der Waals surface area contributed by atoms with Crippen molar-refractivity contribution in [1.82, 2.24) is 19.4 Å². The van der Waals surface area contributed by atoms with Gasteiger partial charge in [0.1, 0.15) is 11.9 Å². The van der Waals surface area contributed by atoms with Crippen LogP contribution in [0.1, 0.15) is 41.7 Å². The minimum absolute atomic E-state index is 0.0221. The van der Waals surface area contributed by atoms with Gasteiger partial charge in [0.25, 0.3) is 0 Å². The zero-order valence-electron chi connectivity index (χ0n) is 16.3. The summed E-state index contributed by atoms with van der Waals surface area (Å²) in [6.07, 6.45) is 3.71. The number of aromatic nitrogens is 3. The van der Waals surface area contributed by atoms with Crippen molar-refractivity contribution in [3.8, 4) is 5.82 Å². The third-order valence-corrected chi connectivity index (χ3v) is 6.65. The highest BCUT2D eigenvalue weighted by Gasteiger charge is 2.44. The van der Waals surface area contributed by atoms with Crippen LogP contribution in [0.4, 0.5) is 0 Å². The molecule has 0 radical (unpaired) electrons. The maximum atomic E-state index is 5.10. The van der Waals surface area contributed by atoms with Crippen LogP contribution in [0.2, 0.25) is 0 Å². The number of pyridine rings is 2. The van der Waals surface area contributed by atoms with Crippen molar-refractivity contribution in [1.29, 1.82) is 0 Å². The molecule has 0 N–H and O–H groups in total. The van der Waals surface area contributed by atoms with Gasteiger partial charge >= 0.3 is 0 Å². The van der Waals surface area contributed by atoms with E-state index < -0.39 is 0 Å². The molecule has 2 aliphatic rings. The smallest absolute Gasteiger partial charge is 0.160 e. The van der Waals surface area contributed by atoms with E-state index in [4.69, 9.17) is 4.99 Å². The molecule has 2 aliphatic heterocycles. The van der Waals surface area contributed by atoms with Gasteiger partial charge in [-0.2, -0.15) is 0 Å². The van der Waals surface area contributed by atoms with E-state index in [1.54, 1.807) is 0 Å². The number of rotatable bonds is 3. The van der Waals surface area contributed by atoms with Gasteiger partial charge in [-0.1, -0.05) is 30.8 Å². The van der Waals surface area contributed by atoms with Crippen LogP contribution in [0.3, 0.4) is 0 Å². The average molecular weight is 390 g/mol. The van der Waals surface area contributed by atoms with Gasteiger partial charge in [-0.3, -0.25) is 9.98 Å². The molecule has 0 amide bonds. The molecule has 3 aromatic heterocycles. The first-order valence-electron chi connectivity index (χ1n) is 9.66. The van der Waals surface area contributed by atoms with Crippen molar-refractivity contribution in [3.63, 3.8) is 0 Å². The van der Waals surface area contributed by atoms with Gasteiger partial charge < -0.3 is 9.47 Å². The second-order valence-corrected chi connectivity index (χ2v) is 8.89. The summed E-state index contributed by atoms with van der Waals surface area (Å²) in [6.45, 7) is 7.64. The molecule has 5 nitrogen and oxygen atoms in total. The molecule has 0 saturated carbocycles. The Morgan fingerprint density at radius 3 is 2.54 bits per heavy atom. The molecule has 5 rings (SSSR count). The third-order valence-electron chi connectivity index (χ3n) is 5.55. The van der Waals surface area contributed by atoms with Gasteiger partial charge in [-0.25, -0.2) is 4.98 Å². The molecule has 0 spiro atoms. The van der Waals surface area contributed by atoms with Crippen molar-refractivity contribution in [2.45, 2.75) is 38.1 Å². The summed E-state index contributed by atoms with van der Waals surface area (Å²) in [7, 11) is 0. The zero-order valence-corrected chi connectivity index (χ0v) is 17.1. The number of aliphatic imine (C=N–C) groups is 1. The van der Waals surface area contributed by atoms with Crippen LogP contribution >= 0.6 is 11.8 Å². The van der Waals surface area contributed by atoms with Crippen molar-refractivity contribution in [2.24, 2.45) is 4.99 Å². The lowest BCUT2D eigenvalue weighted by Crippen LogP contribution is -2.28. The number of aryl methyl sites for hydroxylation is 1. The topological polar surface area (TPSA) is 46.3 Å². The SMILES string of the molecule is Cc1cc([C@H]2[C@@H](c3ccccn3)N=C3S[C@@H](C)CN32)c(C)n1-c1ccccn1. The summed E-state index contributed by atoms with van der Waals surface area (Å²) in [5, 5.41) is 1.71. The Morgan fingerprint density at radius 2 is 1.82 bits per heavy atom. The van der Waals surface area contributed by atoms with Crippen LogP contribution in [-0.4, -0.2) is 36.4 Å². The molecule has 5 heterocycles. The summed E-state index contributed by atoms with van der Waals surface area (Å²) in [4.78, 5) is 16.8. The second-order valence-electron chi connectivity index (χ2n) is 7.49. The van der Waals surface area contributed by atoms with Crippen molar-refractivity contribution in [3.05, 3.63) is 77.5 Å². The maximum absolute atomic E-state index is 5.10. The summed E-state index contributed by atoms with van der Waals surface area (Å²) in [5.74, 6) is 0.960. The first kappa shape index (κ1) is 17.5. The molecular formula is C22H23N5S. The highest BCUT2D eigenvalue weighted by molar-refractivity contribution is 8.14. The Hall–Kier alpha value is -2.60. The van der Waals surface area contributed by atoms with Crippen LogP contribution < -0.4 is 0 Å². The summed E-state index contributed by atoms with van der Waals surface area (Å²) in [5.41, 5.74) is 4.76. The van der Waals surface area contributed by atoms with E-state index in [9.17, 15) is 0 Å². The predicted octanol–water partition coefficient (Wildman–Crippen LogP) is 4.47. The number of nitrogens with zero attached hydrogens (tertiary/aromatic N) is 5. The number of hydrogen-bond donors (Lipinski definition) is 0. The molecule has 0 unspecified atom stereocenters. The van der Waals surface area contributed by atoms with Gasteiger partial charge in [0.05, 0.1) is 11.7 Å². The highest BCUT2D eigenvalue weighted by atomic mass is 32.2. The van der Waals surface area contributed by atoms with E-state index in [2.05, 4.69) is 64.5 Å². The van der Waals surface area contributed by atoms with Crippen molar-refractivity contribution >= 4 is 16.9 Å².